The summed E-state index contributed by atoms with van der Waals surface area (Å²) in [6.07, 6.45) is 5.54. The van der Waals surface area contributed by atoms with E-state index in [9.17, 15) is 4.79 Å². The van der Waals surface area contributed by atoms with Gasteiger partial charge in [0.15, 0.2) is 0 Å². The Bertz CT molecular complexity index is 369. The average molecular weight is 242 g/mol. The van der Waals surface area contributed by atoms with Crippen molar-refractivity contribution in [2.45, 2.75) is 26.3 Å². The Morgan fingerprint density at radius 3 is 2.81 bits per heavy atom. The largest absolute Gasteiger partial charge is 0.341 e. The van der Waals surface area contributed by atoms with Crippen LogP contribution in [0.1, 0.15) is 19.8 Å². The second kappa shape index (κ2) is 4.87. The van der Waals surface area contributed by atoms with E-state index in [1.807, 2.05) is 4.90 Å². The summed E-state index contributed by atoms with van der Waals surface area (Å²) in [6, 6.07) is 0. The molecule has 0 unspecified atom stereocenters. The first-order valence-corrected chi connectivity index (χ1v) is 5.99. The first-order chi connectivity index (χ1) is 7.66. The van der Waals surface area contributed by atoms with Crippen molar-refractivity contribution in [2.24, 2.45) is 5.92 Å². The standard InChI is InChI=1S/C11H16ClN3O/c1-9-2-5-14(6-3-9)10(16)8-15-7-4-13-11(15)12/h4,7,9H,2-3,5-6,8H2,1H3. The Morgan fingerprint density at radius 1 is 1.56 bits per heavy atom. The number of carbonyl (C=O) groups excluding carboxylic acids is 1. The normalized spacial score (nSPS) is 17.8. The number of aromatic nitrogens is 2. The van der Waals surface area contributed by atoms with Crippen LogP contribution in [-0.4, -0.2) is 33.4 Å². The summed E-state index contributed by atoms with van der Waals surface area (Å²) in [5.41, 5.74) is 0. The van der Waals surface area contributed by atoms with Gasteiger partial charge in [0, 0.05) is 25.5 Å². The van der Waals surface area contributed by atoms with E-state index in [-0.39, 0.29) is 5.91 Å². The molecule has 1 aromatic heterocycles. The van der Waals surface area contributed by atoms with Crippen molar-refractivity contribution < 1.29 is 4.79 Å². The molecule has 1 amide bonds. The molecule has 0 saturated carbocycles. The molecule has 0 radical (unpaired) electrons. The predicted octanol–water partition coefficient (Wildman–Crippen LogP) is 1.79. The molecule has 0 aromatic carbocycles. The Balaban J connectivity index is 1.91. The summed E-state index contributed by atoms with van der Waals surface area (Å²) >= 11 is 5.83. The molecule has 0 bridgehead atoms. The van der Waals surface area contributed by atoms with Gasteiger partial charge >= 0.3 is 0 Å². The van der Waals surface area contributed by atoms with Gasteiger partial charge in [-0.25, -0.2) is 4.98 Å². The average Bonchev–Trinajstić information content (AvgIpc) is 2.65. The van der Waals surface area contributed by atoms with Crippen molar-refractivity contribution in [3.05, 3.63) is 17.7 Å². The maximum Gasteiger partial charge on any atom is 0.242 e. The van der Waals surface area contributed by atoms with Crippen LogP contribution >= 0.6 is 11.6 Å². The van der Waals surface area contributed by atoms with E-state index in [0.717, 1.165) is 31.8 Å². The van der Waals surface area contributed by atoms with Crippen molar-refractivity contribution in [2.75, 3.05) is 13.1 Å². The van der Waals surface area contributed by atoms with Gasteiger partial charge in [-0.05, 0) is 30.4 Å². The number of carbonyl (C=O) groups is 1. The van der Waals surface area contributed by atoms with E-state index in [4.69, 9.17) is 11.6 Å². The maximum absolute atomic E-state index is 11.9. The highest BCUT2D eigenvalue weighted by Crippen LogP contribution is 2.16. The van der Waals surface area contributed by atoms with E-state index in [1.54, 1.807) is 17.0 Å². The minimum Gasteiger partial charge on any atom is -0.341 e. The van der Waals surface area contributed by atoms with Crippen LogP contribution in [0.5, 0.6) is 0 Å². The lowest BCUT2D eigenvalue weighted by atomic mass is 9.99. The van der Waals surface area contributed by atoms with Crippen LogP contribution in [0.4, 0.5) is 0 Å². The lowest BCUT2D eigenvalue weighted by Gasteiger charge is -2.30. The van der Waals surface area contributed by atoms with Crippen molar-refractivity contribution in [1.29, 1.82) is 0 Å². The van der Waals surface area contributed by atoms with Gasteiger partial charge < -0.3 is 9.47 Å². The van der Waals surface area contributed by atoms with Crippen molar-refractivity contribution in [3.8, 4) is 0 Å². The molecule has 1 aliphatic heterocycles. The molecule has 0 atom stereocenters. The zero-order valence-corrected chi connectivity index (χ0v) is 10.2. The first-order valence-electron chi connectivity index (χ1n) is 5.61. The minimum atomic E-state index is 0.131. The van der Waals surface area contributed by atoms with Crippen LogP contribution in [0.15, 0.2) is 12.4 Å². The summed E-state index contributed by atoms with van der Waals surface area (Å²) in [7, 11) is 0. The third kappa shape index (κ3) is 2.55. The summed E-state index contributed by atoms with van der Waals surface area (Å²) in [6.45, 7) is 4.26. The van der Waals surface area contributed by atoms with Gasteiger partial charge in [0.2, 0.25) is 11.2 Å². The lowest BCUT2D eigenvalue weighted by Crippen LogP contribution is -2.39. The Labute approximate surface area is 100 Å². The third-order valence-electron chi connectivity index (χ3n) is 3.11. The second-order valence-corrected chi connectivity index (χ2v) is 4.73. The molecular weight excluding hydrogens is 226 g/mol. The zero-order chi connectivity index (χ0) is 11.5. The predicted molar refractivity (Wildman–Crippen MR) is 62.2 cm³/mol. The number of amides is 1. The molecule has 2 heterocycles. The third-order valence-corrected chi connectivity index (χ3v) is 3.42. The monoisotopic (exact) mass is 241 g/mol. The smallest absolute Gasteiger partial charge is 0.242 e. The highest BCUT2D eigenvalue weighted by atomic mass is 35.5. The maximum atomic E-state index is 11.9. The van der Waals surface area contributed by atoms with E-state index in [1.165, 1.54) is 0 Å². The van der Waals surface area contributed by atoms with Crippen LogP contribution in [-0.2, 0) is 11.3 Å². The molecule has 1 aromatic rings. The fourth-order valence-electron chi connectivity index (χ4n) is 1.93. The highest BCUT2D eigenvalue weighted by Gasteiger charge is 2.20. The summed E-state index contributed by atoms with van der Waals surface area (Å²) < 4.78 is 1.67. The summed E-state index contributed by atoms with van der Waals surface area (Å²) in [5.74, 6) is 0.868. The second-order valence-electron chi connectivity index (χ2n) is 4.39. The molecule has 0 spiro atoms. The van der Waals surface area contributed by atoms with Crippen molar-refractivity contribution >= 4 is 17.5 Å². The van der Waals surface area contributed by atoms with Gasteiger partial charge in [-0.2, -0.15) is 0 Å². The summed E-state index contributed by atoms with van der Waals surface area (Å²) in [5, 5.41) is 0.374. The van der Waals surface area contributed by atoms with Gasteiger partial charge in [0.05, 0.1) is 0 Å². The Hall–Kier alpha value is -1.03. The topological polar surface area (TPSA) is 38.1 Å². The number of rotatable bonds is 2. The molecule has 1 saturated heterocycles. The first kappa shape index (κ1) is 11.5. The molecular formula is C11H16ClN3O. The minimum absolute atomic E-state index is 0.131. The molecule has 2 rings (SSSR count). The highest BCUT2D eigenvalue weighted by molar-refractivity contribution is 6.28. The van der Waals surface area contributed by atoms with Crippen molar-refractivity contribution in [3.63, 3.8) is 0 Å². The Morgan fingerprint density at radius 2 is 2.25 bits per heavy atom. The van der Waals surface area contributed by atoms with E-state index >= 15 is 0 Å². The van der Waals surface area contributed by atoms with E-state index in [0.29, 0.717) is 11.8 Å². The number of likely N-dealkylation sites (tertiary alicyclic amines) is 1. The Kier molecular flexibility index (Phi) is 3.49. The fourth-order valence-corrected chi connectivity index (χ4v) is 2.11. The molecule has 16 heavy (non-hydrogen) atoms. The van der Waals surface area contributed by atoms with Crippen LogP contribution < -0.4 is 0 Å². The molecule has 1 fully saturated rings. The molecule has 4 nitrogen and oxygen atoms in total. The van der Waals surface area contributed by atoms with Crippen molar-refractivity contribution in [1.82, 2.24) is 14.5 Å². The van der Waals surface area contributed by atoms with E-state index in [2.05, 4.69) is 11.9 Å². The van der Waals surface area contributed by atoms with Crippen LogP contribution in [0.25, 0.3) is 0 Å². The van der Waals surface area contributed by atoms with Gasteiger partial charge in [-0.3, -0.25) is 4.79 Å². The number of hydrogen-bond acceptors (Lipinski definition) is 2. The number of halogens is 1. The van der Waals surface area contributed by atoms with E-state index < -0.39 is 0 Å². The number of piperidine rings is 1. The van der Waals surface area contributed by atoms with Gasteiger partial charge in [0.25, 0.3) is 0 Å². The lowest BCUT2D eigenvalue weighted by molar-refractivity contribution is -0.133. The van der Waals surface area contributed by atoms with Gasteiger partial charge in [-0.15, -0.1) is 0 Å². The SMILES string of the molecule is CC1CCN(C(=O)Cn2ccnc2Cl)CC1. The van der Waals surface area contributed by atoms with Crippen LogP contribution in [0, 0.1) is 5.92 Å². The number of imidazole rings is 1. The fraction of sp³-hybridized carbons (Fsp3) is 0.636. The zero-order valence-electron chi connectivity index (χ0n) is 9.40. The molecule has 5 heteroatoms. The summed E-state index contributed by atoms with van der Waals surface area (Å²) in [4.78, 5) is 17.7. The molecule has 1 aliphatic rings. The number of nitrogens with zero attached hydrogens (tertiary/aromatic N) is 3. The van der Waals surface area contributed by atoms with Crippen LogP contribution in [0.3, 0.4) is 0 Å². The van der Waals surface area contributed by atoms with Gasteiger partial charge in [0.1, 0.15) is 6.54 Å². The molecule has 88 valence electrons. The van der Waals surface area contributed by atoms with Gasteiger partial charge in [-0.1, -0.05) is 6.92 Å². The quantitative estimate of drug-likeness (QED) is 0.792. The van der Waals surface area contributed by atoms with Crippen LogP contribution in [0.2, 0.25) is 5.28 Å². The number of hydrogen-bond donors (Lipinski definition) is 0. The molecule has 0 N–H and O–H groups in total. The molecule has 0 aliphatic carbocycles.